The zero-order chi connectivity index (χ0) is 17.6. The minimum absolute atomic E-state index is 0.0700. The van der Waals surface area contributed by atoms with Gasteiger partial charge in [-0.15, -0.1) is 11.3 Å². The van der Waals surface area contributed by atoms with Gasteiger partial charge >= 0.3 is 0 Å². The third-order valence-corrected chi connectivity index (χ3v) is 6.86. The molecule has 7 heteroatoms. The highest BCUT2D eigenvalue weighted by Gasteiger charge is 2.20. The molecule has 130 valence electrons. The Kier molecular flexibility index (Phi) is 4.73. The van der Waals surface area contributed by atoms with Crippen molar-refractivity contribution < 1.29 is 5.11 Å². The monoisotopic (exact) mass is 482 g/mol. The van der Waals surface area contributed by atoms with Crippen LogP contribution in [0.5, 0.6) is 5.75 Å². The highest BCUT2D eigenvalue weighted by atomic mass is 79.9. The second-order valence-electron chi connectivity index (χ2n) is 6.30. The van der Waals surface area contributed by atoms with Crippen LogP contribution in [0.4, 0.5) is 0 Å². The van der Waals surface area contributed by atoms with Gasteiger partial charge in [-0.3, -0.25) is 4.79 Å². The lowest BCUT2D eigenvalue weighted by molar-refractivity contribution is 0.473. The molecule has 3 aromatic rings. The average Bonchev–Trinajstić information content (AvgIpc) is 2.88. The number of phenols is 1. The van der Waals surface area contributed by atoms with Crippen LogP contribution >= 0.6 is 43.2 Å². The van der Waals surface area contributed by atoms with E-state index < -0.39 is 0 Å². The molecule has 4 nitrogen and oxygen atoms in total. The van der Waals surface area contributed by atoms with Gasteiger partial charge < -0.3 is 10.1 Å². The minimum Gasteiger partial charge on any atom is -0.506 e. The van der Waals surface area contributed by atoms with Crippen LogP contribution in [-0.2, 0) is 12.8 Å². The number of thiophene rings is 1. The van der Waals surface area contributed by atoms with E-state index in [-0.39, 0.29) is 11.3 Å². The van der Waals surface area contributed by atoms with Gasteiger partial charge in [-0.05, 0) is 59.3 Å². The molecule has 0 unspecified atom stereocenters. The second-order valence-corrected chi connectivity index (χ2v) is 9.15. The van der Waals surface area contributed by atoms with Crippen LogP contribution in [0.15, 0.2) is 25.9 Å². The molecule has 0 spiro atoms. The lowest BCUT2D eigenvalue weighted by Gasteiger charge is -2.09. The Bertz CT molecular complexity index is 1030. The van der Waals surface area contributed by atoms with E-state index in [1.165, 1.54) is 29.7 Å². The molecule has 1 aliphatic carbocycles. The fraction of sp³-hybridized carbons (Fsp3) is 0.333. The molecule has 0 bridgehead atoms. The number of aromatic nitrogens is 2. The quantitative estimate of drug-likeness (QED) is 0.477. The molecule has 2 aromatic heterocycles. The van der Waals surface area contributed by atoms with E-state index in [0.717, 1.165) is 34.0 Å². The average molecular weight is 484 g/mol. The number of hydrogen-bond acceptors (Lipinski definition) is 4. The molecule has 0 radical (unpaired) electrons. The summed E-state index contributed by atoms with van der Waals surface area (Å²) in [6.45, 7) is 0. The Morgan fingerprint density at radius 2 is 1.88 bits per heavy atom. The van der Waals surface area contributed by atoms with Crippen molar-refractivity contribution in [2.75, 3.05) is 0 Å². The van der Waals surface area contributed by atoms with Gasteiger partial charge in [-0.25, -0.2) is 4.98 Å². The lowest BCUT2D eigenvalue weighted by atomic mass is 9.98. The van der Waals surface area contributed by atoms with Gasteiger partial charge in [-0.2, -0.15) is 0 Å². The number of aromatic amines is 1. The van der Waals surface area contributed by atoms with Crippen molar-refractivity contribution in [1.29, 1.82) is 0 Å². The second kappa shape index (κ2) is 6.85. The summed E-state index contributed by atoms with van der Waals surface area (Å²) in [6.07, 6.45) is 6.75. The van der Waals surface area contributed by atoms with Crippen LogP contribution in [-0.4, -0.2) is 15.1 Å². The molecule has 2 N–H and O–H groups in total. The largest absolute Gasteiger partial charge is 0.506 e. The van der Waals surface area contributed by atoms with E-state index in [9.17, 15) is 9.90 Å². The van der Waals surface area contributed by atoms with Crippen molar-refractivity contribution in [1.82, 2.24) is 9.97 Å². The van der Waals surface area contributed by atoms with E-state index in [2.05, 4.69) is 41.8 Å². The number of fused-ring (bicyclic) bond motifs is 3. The summed E-state index contributed by atoms with van der Waals surface area (Å²) in [7, 11) is 0. The number of nitrogens with zero attached hydrogens (tertiary/aromatic N) is 1. The molecular weight excluding hydrogens is 468 g/mol. The molecule has 1 aliphatic rings. The smallest absolute Gasteiger partial charge is 0.260 e. The number of rotatable bonds is 1. The van der Waals surface area contributed by atoms with E-state index in [4.69, 9.17) is 0 Å². The highest BCUT2D eigenvalue weighted by molar-refractivity contribution is 9.11. The summed E-state index contributed by atoms with van der Waals surface area (Å²) in [4.78, 5) is 22.4. The van der Waals surface area contributed by atoms with E-state index in [1.54, 1.807) is 23.5 Å². The topological polar surface area (TPSA) is 66.0 Å². The summed E-state index contributed by atoms with van der Waals surface area (Å²) >= 11 is 8.37. The summed E-state index contributed by atoms with van der Waals surface area (Å²) in [5.74, 6) is 0.465. The molecule has 0 aliphatic heterocycles. The van der Waals surface area contributed by atoms with Crippen molar-refractivity contribution >= 4 is 53.4 Å². The molecule has 0 saturated carbocycles. The number of nitrogens with one attached hydrogen (secondary N) is 1. The Balaban J connectivity index is 1.93. The van der Waals surface area contributed by atoms with Gasteiger partial charge in [0.05, 0.1) is 15.4 Å². The predicted octanol–water partition coefficient (Wildman–Crippen LogP) is 5.54. The zero-order valence-electron chi connectivity index (χ0n) is 13.4. The van der Waals surface area contributed by atoms with Crippen molar-refractivity contribution in [3.63, 3.8) is 0 Å². The normalized spacial score (nSPS) is 15.0. The standard InChI is InChI=1S/C18H16Br2N2O2S/c19-9-7-11(15(23)12(20)8-9)16-21-17(24)14-10-5-3-1-2-4-6-13(10)25-18(14)22-16/h7-8,23H,1-6H2,(H,21,22,24). The molecule has 4 rings (SSSR count). The number of benzene rings is 1. The first-order chi connectivity index (χ1) is 12.0. The molecule has 0 amide bonds. The van der Waals surface area contributed by atoms with Gasteiger partial charge in [0, 0.05) is 9.35 Å². The van der Waals surface area contributed by atoms with Gasteiger partial charge in [0.1, 0.15) is 16.4 Å². The molecule has 2 heterocycles. The summed E-state index contributed by atoms with van der Waals surface area (Å²) in [6, 6.07) is 3.51. The minimum atomic E-state index is -0.117. The fourth-order valence-electron chi connectivity index (χ4n) is 3.39. The summed E-state index contributed by atoms with van der Waals surface area (Å²) in [5, 5.41) is 11.1. The van der Waals surface area contributed by atoms with Crippen LogP contribution in [0, 0.1) is 0 Å². The van der Waals surface area contributed by atoms with Gasteiger partial charge in [-0.1, -0.05) is 28.8 Å². The Hall–Kier alpha value is -1.18. The lowest BCUT2D eigenvalue weighted by Crippen LogP contribution is -2.10. The maximum absolute atomic E-state index is 12.8. The van der Waals surface area contributed by atoms with E-state index in [0.29, 0.717) is 15.9 Å². The number of phenolic OH excluding ortho intramolecular Hbond substituents is 1. The van der Waals surface area contributed by atoms with Crippen LogP contribution < -0.4 is 5.56 Å². The molecule has 1 aromatic carbocycles. The van der Waals surface area contributed by atoms with Crippen molar-refractivity contribution in [3.8, 4) is 17.1 Å². The highest BCUT2D eigenvalue weighted by Crippen LogP contribution is 2.38. The molecule has 0 fully saturated rings. The third kappa shape index (κ3) is 3.17. The number of aromatic hydroxyl groups is 1. The van der Waals surface area contributed by atoms with Crippen LogP contribution in [0.2, 0.25) is 0 Å². The zero-order valence-corrected chi connectivity index (χ0v) is 17.4. The Morgan fingerprint density at radius 1 is 1.12 bits per heavy atom. The summed E-state index contributed by atoms with van der Waals surface area (Å²) < 4.78 is 1.35. The van der Waals surface area contributed by atoms with Crippen LogP contribution in [0.1, 0.15) is 36.1 Å². The molecule has 25 heavy (non-hydrogen) atoms. The summed E-state index contributed by atoms with van der Waals surface area (Å²) in [5.41, 5.74) is 1.56. The van der Waals surface area contributed by atoms with Gasteiger partial charge in [0.2, 0.25) is 0 Å². The Morgan fingerprint density at radius 3 is 2.68 bits per heavy atom. The fourth-order valence-corrected chi connectivity index (χ4v) is 5.88. The molecular formula is C18H16Br2N2O2S. The number of hydrogen-bond donors (Lipinski definition) is 2. The number of aryl methyl sites for hydroxylation is 2. The third-order valence-electron chi connectivity index (χ3n) is 4.61. The van der Waals surface area contributed by atoms with Crippen LogP contribution in [0.3, 0.4) is 0 Å². The first-order valence-corrected chi connectivity index (χ1v) is 10.7. The molecule has 0 atom stereocenters. The van der Waals surface area contributed by atoms with E-state index in [1.807, 2.05) is 0 Å². The Labute approximate surface area is 165 Å². The first-order valence-electron chi connectivity index (χ1n) is 8.27. The van der Waals surface area contributed by atoms with Crippen molar-refractivity contribution in [3.05, 3.63) is 41.9 Å². The maximum atomic E-state index is 12.8. The van der Waals surface area contributed by atoms with Gasteiger partial charge in [0.15, 0.2) is 0 Å². The van der Waals surface area contributed by atoms with Gasteiger partial charge in [0.25, 0.3) is 5.56 Å². The van der Waals surface area contributed by atoms with Crippen molar-refractivity contribution in [2.24, 2.45) is 0 Å². The predicted molar refractivity (Wildman–Crippen MR) is 109 cm³/mol. The van der Waals surface area contributed by atoms with Crippen LogP contribution in [0.25, 0.3) is 21.6 Å². The maximum Gasteiger partial charge on any atom is 0.260 e. The number of H-pyrrole nitrogens is 1. The van der Waals surface area contributed by atoms with E-state index >= 15 is 0 Å². The van der Waals surface area contributed by atoms with Crippen molar-refractivity contribution in [2.45, 2.75) is 38.5 Å². The number of halogens is 2. The first kappa shape index (κ1) is 17.2. The molecule has 0 saturated heterocycles. The SMILES string of the molecule is O=c1[nH]c(-c2cc(Br)cc(Br)c2O)nc2sc3c(c12)CCCCCC3.